The van der Waals surface area contributed by atoms with Gasteiger partial charge >= 0.3 is 25.8 Å². The lowest BCUT2D eigenvalue weighted by Gasteiger charge is -2.30. The first-order chi connectivity index (χ1) is 18.2. The van der Waals surface area contributed by atoms with E-state index >= 15 is 4.39 Å². The fourth-order valence-corrected chi connectivity index (χ4v) is 4.21. The SMILES string of the molecule is CC(C)OC(=O)OCOP(=O)(OCOC(=O)OC(C)C)OC[C@@]1(CCl)O[C@@H](n2ccc(N)nc2=O)[C@H](F)[C@@H]1O. The number of aliphatic hydroxyl groups excluding tert-OH is 1. The van der Waals surface area contributed by atoms with E-state index in [4.69, 9.17) is 45.1 Å². The third-order valence-corrected chi connectivity index (χ3v) is 6.47. The molecule has 222 valence electrons. The zero-order valence-corrected chi connectivity index (χ0v) is 23.0. The van der Waals surface area contributed by atoms with Crippen LogP contribution < -0.4 is 11.4 Å². The van der Waals surface area contributed by atoms with Crippen molar-refractivity contribution in [3.63, 3.8) is 0 Å². The van der Waals surface area contributed by atoms with Crippen LogP contribution in [0.1, 0.15) is 33.9 Å². The number of hydrogen-bond acceptors (Lipinski definition) is 15. The molecule has 16 nitrogen and oxygen atoms in total. The highest BCUT2D eigenvalue weighted by atomic mass is 35.5. The summed E-state index contributed by atoms with van der Waals surface area (Å²) in [5, 5.41) is 10.6. The lowest BCUT2D eigenvalue weighted by molar-refractivity contribution is -0.119. The van der Waals surface area contributed by atoms with E-state index in [1.807, 2.05) is 0 Å². The van der Waals surface area contributed by atoms with Gasteiger partial charge in [0.25, 0.3) is 0 Å². The Morgan fingerprint density at radius 3 is 2.18 bits per heavy atom. The van der Waals surface area contributed by atoms with Gasteiger partial charge in [0.05, 0.1) is 24.7 Å². The highest BCUT2D eigenvalue weighted by Crippen LogP contribution is 2.51. The number of alkyl halides is 2. The molecule has 0 spiro atoms. The van der Waals surface area contributed by atoms with Crippen LogP contribution in [0.4, 0.5) is 19.8 Å². The predicted molar refractivity (Wildman–Crippen MR) is 128 cm³/mol. The number of aromatic nitrogens is 2. The van der Waals surface area contributed by atoms with E-state index < -0.39 is 88.2 Å². The second-order valence-corrected chi connectivity index (χ2v) is 10.4. The number of carbonyl (C=O) groups excluding carboxylic acids is 2. The molecule has 1 fully saturated rings. The van der Waals surface area contributed by atoms with Crippen LogP contribution in [0.15, 0.2) is 17.1 Å². The Balaban J connectivity index is 2.16. The molecule has 19 heteroatoms. The molecule has 4 atom stereocenters. The molecule has 0 amide bonds. The fourth-order valence-electron chi connectivity index (χ4n) is 2.95. The van der Waals surface area contributed by atoms with Crippen molar-refractivity contribution in [3.05, 3.63) is 22.7 Å². The number of aliphatic hydroxyl groups is 1. The van der Waals surface area contributed by atoms with Crippen molar-refractivity contribution in [2.24, 2.45) is 0 Å². The summed E-state index contributed by atoms with van der Waals surface area (Å²) in [5.41, 5.74) is 2.37. The number of halogens is 2. The minimum atomic E-state index is -4.80. The van der Waals surface area contributed by atoms with Gasteiger partial charge < -0.3 is 34.5 Å². The molecule has 2 rings (SSSR count). The van der Waals surface area contributed by atoms with Crippen LogP contribution in [0, 0.1) is 0 Å². The number of nitrogen functional groups attached to an aromatic ring is 1. The maximum absolute atomic E-state index is 15.1. The Hall–Kier alpha value is -2.53. The van der Waals surface area contributed by atoms with Gasteiger partial charge in [-0.15, -0.1) is 11.6 Å². The zero-order chi connectivity index (χ0) is 29.4. The smallest absolute Gasteiger partial charge is 0.432 e. The maximum Gasteiger partial charge on any atom is 0.510 e. The molecule has 1 aliphatic heterocycles. The highest BCUT2D eigenvalue weighted by molar-refractivity contribution is 7.48. The van der Waals surface area contributed by atoms with Crippen molar-refractivity contribution in [3.8, 4) is 0 Å². The van der Waals surface area contributed by atoms with Crippen molar-refractivity contribution < 1.29 is 60.9 Å². The molecule has 0 aromatic carbocycles. The van der Waals surface area contributed by atoms with Crippen molar-refractivity contribution >= 4 is 37.6 Å². The third-order valence-electron chi connectivity index (χ3n) is 4.73. The van der Waals surface area contributed by atoms with Gasteiger partial charge in [0.2, 0.25) is 13.6 Å². The third kappa shape index (κ3) is 9.27. The van der Waals surface area contributed by atoms with Gasteiger partial charge in [0.15, 0.2) is 12.4 Å². The number of nitrogens with two attached hydrogens (primary N) is 1. The Kier molecular flexibility index (Phi) is 11.9. The van der Waals surface area contributed by atoms with Crippen molar-refractivity contribution in [1.82, 2.24) is 9.55 Å². The van der Waals surface area contributed by atoms with E-state index in [1.165, 1.54) is 6.07 Å². The molecule has 1 saturated heterocycles. The Labute approximate surface area is 226 Å². The van der Waals surface area contributed by atoms with Gasteiger partial charge in [-0.1, -0.05) is 0 Å². The van der Waals surface area contributed by atoms with Crippen LogP contribution in [0.5, 0.6) is 0 Å². The first kappa shape index (κ1) is 32.7. The van der Waals surface area contributed by atoms with Gasteiger partial charge in [-0.2, -0.15) is 4.98 Å². The Bertz CT molecular complexity index is 1060. The number of rotatable bonds is 13. The molecule has 0 aliphatic carbocycles. The van der Waals surface area contributed by atoms with Crippen LogP contribution >= 0.6 is 19.4 Å². The molecular weight excluding hydrogens is 576 g/mol. The summed E-state index contributed by atoms with van der Waals surface area (Å²) in [6.07, 6.45) is -8.27. The molecule has 1 aromatic heterocycles. The monoisotopic (exact) mass is 605 g/mol. The molecule has 1 aromatic rings. The van der Waals surface area contributed by atoms with Crippen LogP contribution in [-0.4, -0.2) is 83.1 Å². The summed E-state index contributed by atoms with van der Waals surface area (Å²) in [6.45, 7) is 3.22. The maximum atomic E-state index is 15.1. The second kappa shape index (κ2) is 14.2. The fraction of sp³-hybridized carbons (Fsp3) is 0.700. The molecule has 0 bridgehead atoms. The van der Waals surface area contributed by atoms with Crippen LogP contribution in [0.25, 0.3) is 0 Å². The van der Waals surface area contributed by atoms with Crippen molar-refractivity contribution in [2.75, 3.05) is 31.8 Å². The summed E-state index contributed by atoms with van der Waals surface area (Å²) >= 11 is 5.96. The van der Waals surface area contributed by atoms with Gasteiger partial charge in [-0.05, 0) is 33.8 Å². The Morgan fingerprint density at radius 2 is 1.72 bits per heavy atom. The number of phosphoric ester groups is 1. The van der Waals surface area contributed by atoms with Gasteiger partial charge in [-0.3, -0.25) is 9.09 Å². The van der Waals surface area contributed by atoms with E-state index in [9.17, 15) is 24.1 Å². The second-order valence-electron chi connectivity index (χ2n) is 8.47. The number of nitrogens with zero attached hydrogens (tertiary/aromatic N) is 2. The van der Waals surface area contributed by atoms with Crippen LogP contribution in [0.2, 0.25) is 0 Å². The molecule has 3 N–H and O–H groups in total. The molecule has 2 heterocycles. The Morgan fingerprint density at radius 1 is 1.18 bits per heavy atom. The van der Waals surface area contributed by atoms with Gasteiger partial charge in [0, 0.05) is 6.20 Å². The standard InChI is InChI=1S/C20H30ClFN3O13P/c1-11(2)36-18(28)31-9-34-39(30,35-10-32-19(29)37-12(3)4)33-8-20(7-21)15(26)14(22)16(38-20)25-6-5-13(23)24-17(25)27/h5-6,11-12,14-16,26H,7-10H2,1-4H3,(H2,23,24,27)/t14-,15+,16-,20-/m1/s1. The summed E-state index contributed by atoms with van der Waals surface area (Å²) in [4.78, 5) is 38.8. The largest absolute Gasteiger partial charge is 0.510 e. The molecule has 1 aliphatic rings. The molecule has 0 saturated carbocycles. The lowest BCUT2D eigenvalue weighted by Crippen LogP contribution is -2.47. The van der Waals surface area contributed by atoms with Crippen molar-refractivity contribution in [2.45, 2.75) is 64.0 Å². The number of hydrogen-bond donors (Lipinski definition) is 2. The van der Waals surface area contributed by atoms with E-state index in [0.717, 1.165) is 10.8 Å². The van der Waals surface area contributed by atoms with Gasteiger partial charge in [0.1, 0.15) is 17.5 Å². The van der Waals surface area contributed by atoms with E-state index in [2.05, 4.69) is 14.5 Å². The number of anilines is 1. The first-order valence-corrected chi connectivity index (χ1v) is 13.3. The van der Waals surface area contributed by atoms with E-state index in [0.29, 0.717) is 0 Å². The average Bonchev–Trinajstić information content (AvgIpc) is 3.07. The topological polar surface area (TPSA) is 206 Å². The molecule has 39 heavy (non-hydrogen) atoms. The van der Waals surface area contributed by atoms with Gasteiger partial charge in [-0.25, -0.2) is 32.4 Å². The molecule has 0 unspecified atom stereocenters. The number of phosphoric acid groups is 1. The first-order valence-electron chi connectivity index (χ1n) is 11.3. The van der Waals surface area contributed by atoms with Crippen LogP contribution in [0.3, 0.4) is 0 Å². The zero-order valence-electron chi connectivity index (χ0n) is 21.4. The number of carbonyl (C=O) groups is 2. The summed E-state index contributed by atoms with van der Waals surface area (Å²) < 4.78 is 68.2. The molecular formula is C20H30ClFN3O13P. The normalized spacial score (nSPS) is 23.2. The minimum Gasteiger partial charge on any atom is -0.432 e. The molecule has 0 radical (unpaired) electrons. The quantitative estimate of drug-likeness (QED) is 0.143. The van der Waals surface area contributed by atoms with Crippen LogP contribution in [-0.2, 0) is 41.8 Å². The lowest BCUT2D eigenvalue weighted by atomic mass is 9.99. The van der Waals surface area contributed by atoms with E-state index in [-0.39, 0.29) is 5.82 Å². The van der Waals surface area contributed by atoms with E-state index in [1.54, 1.807) is 27.7 Å². The van der Waals surface area contributed by atoms with Crippen molar-refractivity contribution in [1.29, 1.82) is 0 Å². The predicted octanol–water partition coefficient (Wildman–Crippen LogP) is 2.23. The summed E-state index contributed by atoms with van der Waals surface area (Å²) in [5.74, 6) is -0.761. The summed E-state index contributed by atoms with van der Waals surface area (Å²) in [7, 11) is -4.80. The average molecular weight is 606 g/mol. The highest BCUT2D eigenvalue weighted by Gasteiger charge is 2.57. The minimum absolute atomic E-state index is 0.133. The number of ether oxygens (including phenoxy) is 5. The summed E-state index contributed by atoms with van der Waals surface area (Å²) in [6, 6.07) is 1.20.